The van der Waals surface area contributed by atoms with Crippen LogP contribution in [0.4, 0.5) is 0 Å². The van der Waals surface area contributed by atoms with Crippen molar-refractivity contribution in [3.8, 4) is 0 Å². The quantitative estimate of drug-likeness (QED) is 0.736. The highest BCUT2D eigenvalue weighted by molar-refractivity contribution is 6.31. The van der Waals surface area contributed by atoms with Gasteiger partial charge in [0.1, 0.15) is 0 Å². The third kappa shape index (κ3) is 4.45. The first-order chi connectivity index (χ1) is 12.1. The van der Waals surface area contributed by atoms with Gasteiger partial charge in [-0.25, -0.2) is 4.68 Å². The van der Waals surface area contributed by atoms with Crippen molar-refractivity contribution in [3.63, 3.8) is 0 Å². The van der Waals surface area contributed by atoms with Crippen molar-refractivity contribution in [1.82, 2.24) is 20.3 Å². The molecule has 0 aliphatic carbocycles. The maximum absolute atomic E-state index is 12.3. The van der Waals surface area contributed by atoms with E-state index in [1.54, 1.807) is 10.9 Å². The van der Waals surface area contributed by atoms with E-state index in [0.29, 0.717) is 23.8 Å². The molecule has 2 aromatic carbocycles. The topological polar surface area (TPSA) is 59.8 Å². The van der Waals surface area contributed by atoms with E-state index in [9.17, 15) is 4.79 Å². The maximum Gasteiger partial charge on any atom is 0.273 e. The molecule has 3 aromatic rings. The summed E-state index contributed by atoms with van der Waals surface area (Å²) in [6, 6.07) is 17.6. The van der Waals surface area contributed by atoms with Crippen molar-refractivity contribution < 1.29 is 4.79 Å². The van der Waals surface area contributed by atoms with Crippen molar-refractivity contribution in [2.24, 2.45) is 0 Å². The van der Waals surface area contributed by atoms with Crippen LogP contribution in [0.3, 0.4) is 0 Å². The molecule has 0 aliphatic rings. The third-order valence-electron chi connectivity index (χ3n) is 4.00. The summed E-state index contributed by atoms with van der Waals surface area (Å²) in [4.78, 5) is 12.3. The molecule has 0 spiro atoms. The molecular formula is C19H19ClN4O. The first-order valence-corrected chi connectivity index (χ1v) is 8.48. The minimum absolute atomic E-state index is 0.225. The van der Waals surface area contributed by atoms with Gasteiger partial charge in [0, 0.05) is 11.6 Å². The fraction of sp³-hybridized carbons (Fsp3) is 0.211. The van der Waals surface area contributed by atoms with Crippen LogP contribution in [0.5, 0.6) is 0 Å². The van der Waals surface area contributed by atoms with Crippen LogP contribution in [-0.4, -0.2) is 27.4 Å². The summed E-state index contributed by atoms with van der Waals surface area (Å²) >= 11 is 6.15. The number of hydrogen-bond acceptors (Lipinski definition) is 3. The highest BCUT2D eigenvalue weighted by Crippen LogP contribution is 2.16. The molecule has 0 radical (unpaired) electrons. The lowest BCUT2D eigenvalue weighted by Crippen LogP contribution is -2.27. The molecule has 25 heavy (non-hydrogen) atoms. The largest absolute Gasteiger partial charge is 0.350 e. The lowest BCUT2D eigenvalue weighted by atomic mass is 10.0. The van der Waals surface area contributed by atoms with Crippen molar-refractivity contribution in [2.75, 3.05) is 6.54 Å². The van der Waals surface area contributed by atoms with Crippen LogP contribution in [0, 0.1) is 0 Å². The molecule has 128 valence electrons. The van der Waals surface area contributed by atoms with E-state index in [0.717, 1.165) is 5.56 Å². The predicted octanol–water partition coefficient (Wildman–Crippen LogP) is 3.51. The molecule has 3 rings (SSSR count). The van der Waals surface area contributed by atoms with Crippen molar-refractivity contribution in [3.05, 3.63) is 82.6 Å². The Bertz CT molecular complexity index is 847. The molecule has 1 heterocycles. The van der Waals surface area contributed by atoms with E-state index in [-0.39, 0.29) is 11.8 Å². The molecule has 1 aromatic heterocycles. The SMILES string of the molecule is C[C@H](CNC(=O)c1cn(Cc2ccccc2Cl)nn1)c1ccccc1. The zero-order valence-electron chi connectivity index (χ0n) is 13.9. The number of aromatic nitrogens is 3. The van der Waals surface area contributed by atoms with E-state index in [1.165, 1.54) is 5.56 Å². The number of halogens is 1. The Kier molecular flexibility index (Phi) is 5.46. The average Bonchev–Trinajstić information content (AvgIpc) is 3.11. The first kappa shape index (κ1) is 17.2. The van der Waals surface area contributed by atoms with Gasteiger partial charge < -0.3 is 5.32 Å². The Morgan fingerprint density at radius 3 is 2.64 bits per heavy atom. The van der Waals surface area contributed by atoms with Crippen LogP contribution >= 0.6 is 11.6 Å². The van der Waals surface area contributed by atoms with Gasteiger partial charge >= 0.3 is 0 Å². The van der Waals surface area contributed by atoms with E-state index in [2.05, 4.69) is 34.7 Å². The Hall–Kier alpha value is -2.66. The number of carbonyl (C=O) groups excluding carboxylic acids is 1. The van der Waals surface area contributed by atoms with E-state index >= 15 is 0 Å². The second-order valence-electron chi connectivity index (χ2n) is 5.91. The fourth-order valence-corrected chi connectivity index (χ4v) is 2.71. The van der Waals surface area contributed by atoms with Crippen molar-refractivity contribution in [1.29, 1.82) is 0 Å². The number of amides is 1. The highest BCUT2D eigenvalue weighted by atomic mass is 35.5. The lowest BCUT2D eigenvalue weighted by Gasteiger charge is -2.12. The van der Waals surface area contributed by atoms with Crippen LogP contribution in [0.2, 0.25) is 5.02 Å². The molecule has 5 nitrogen and oxygen atoms in total. The van der Waals surface area contributed by atoms with Gasteiger partial charge in [-0.2, -0.15) is 0 Å². The number of benzene rings is 2. The summed E-state index contributed by atoms with van der Waals surface area (Å²) in [5.74, 6) is -0.00323. The standard InChI is InChI=1S/C19H19ClN4O/c1-14(15-7-3-2-4-8-15)11-21-19(25)18-13-24(23-22-18)12-16-9-5-6-10-17(16)20/h2-10,13-14H,11-12H2,1H3,(H,21,25)/t14-/m1/s1. The molecule has 0 saturated carbocycles. The molecule has 1 amide bonds. The van der Waals surface area contributed by atoms with E-state index < -0.39 is 0 Å². The first-order valence-electron chi connectivity index (χ1n) is 8.10. The monoisotopic (exact) mass is 354 g/mol. The number of nitrogens with zero attached hydrogens (tertiary/aromatic N) is 3. The maximum atomic E-state index is 12.3. The second kappa shape index (κ2) is 7.94. The molecule has 0 unspecified atom stereocenters. The van der Waals surface area contributed by atoms with Crippen molar-refractivity contribution >= 4 is 17.5 Å². The highest BCUT2D eigenvalue weighted by Gasteiger charge is 2.13. The predicted molar refractivity (Wildman–Crippen MR) is 97.8 cm³/mol. The zero-order valence-corrected chi connectivity index (χ0v) is 14.6. The Morgan fingerprint density at radius 2 is 1.88 bits per heavy atom. The van der Waals surface area contributed by atoms with Gasteiger partial charge in [-0.1, -0.05) is 72.3 Å². The number of rotatable bonds is 6. The van der Waals surface area contributed by atoms with E-state index in [1.807, 2.05) is 42.5 Å². The van der Waals surface area contributed by atoms with Gasteiger partial charge in [0.05, 0.1) is 12.7 Å². The summed E-state index contributed by atoms with van der Waals surface area (Å²) in [6.07, 6.45) is 1.63. The smallest absolute Gasteiger partial charge is 0.273 e. The summed E-state index contributed by atoms with van der Waals surface area (Å²) in [6.45, 7) is 3.09. The molecule has 0 saturated heterocycles. The van der Waals surface area contributed by atoms with Gasteiger partial charge in [-0.05, 0) is 23.1 Å². The van der Waals surface area contributed by atoms with Crippen LogP contribution in [0.1, 0.15) is 34.5 Å². The van der Waals surface area contributed by atoms with Crippen LogP contribution in [0.15, 0.2) is 60.8 Å². The van der Waals surface area contributed by atoms with Crippen molar-refractivity contribution in [2.45, 2.75) is 19.4 Å². The van der Waals surface area contributed by atoms with E-state index in [4.69, 9.17) is 11.6 Å². The average molecular weight is 355 g/mol. The Morgan fingerprint density at radius 1 is 1.16 bits per heavy atom. The number of nitrogens with one attached hydrogen (secondary N) is 1. The second-order valence-corrected chi connectivity index (χ2v) is 6.32. The Balaban J connectivity index is 1.58. The molecule has 0 aliphatic heterocycles. The molecule has 0 bridgehead atoms. The minimum atomic E-state index is -0.229. The van der Waals surface area contributed by atoms with Crippen LogP contribution in [-0.2, 0) is 6.54 Å². The fourth-order valence-electron chi connectivity index (χ4n) is 2.52. The molecule has 6 heteroatoms. The minimum Gasteiger partial charge on any atom is -0.350 e. The van der Waals surface area contributed by atoms with Crippen LogP contribution < -0.4 is 5.32 Å². The molecule has 0 fully saturated rings. The molecular weight excluding hydrogens is 336 g/mol. The lowest BCUT2D eigenvalue weighted by molar-refractivity contribution is 0.0946. The molecule has 1 atom stereocenters. The summed E-state index contributed by atoms with van der Waals surface area (Å²) < 4.78 is 1.61. The van der Waals surface area contributed by atoms with Crippen LogP contribution in [0.25, 0.3) is 0 Å². The van der Waals surface area contributed by atoms with Gasteiger partial charge in [0.15, 0.2) is 5.69 Å². The van der Waals surface area contributed by atoms with Gasteiger partial charge in [-0.15, -0.1) is 5.10 Å². The number of carbonyl (C=O) groups is 1. The normalized spacial score (nSPS) is 11.9. The Labute approximate surface area is 151 Å². The zero-order chi connectivity index (χ0) is 17.6. The van der Waals surface area contributed by atoms with Gasteiger partial charge in [0.2, 0.25) is 0 Å². The summed E-state index contributed by atoms with van der Waals surface area (Å²) in [5.41, 5.74) is 2.41. The number of hydrogen-bond donors (Lipinski definition) is 1. The van der Waals surface area contributed by atoms with Gasteiger partial charge in [0.25, 0.3) is 5.91 Å². The summed E-state index contributed by atoms with van der Waals surface area (Å²) in [5, 5.41) is 11.5. The molecule has 1 N–H and O–H groups in total. The summed E-state index contributed by atoms with van der Waals surface area (Å²) in [7, 11) is 0. The van der Waals surface area contributed by atoms with Gasteiger partial charge in [-0.3, -0.25) is 4.79 Å². The third-order valence-corrected chi connectivity index (χ3v) is 4.37.